The Morgan fingerprint density at radius 3 is 2.21 bits per heavy atom. The van der Waals surface area contributed by atoms with Gasteiger partial charge in [-0.3, -0.25) is 14.4 Å². The van der Waals surface area contributed by atoms with Gasteiger partial charge in [0.1, 0.15) is 6.04 Å². The van der Waals surface area contributed by atoms with E-state index in [1.807, 2.05) is 0 Å². The Hall–Kier alpha value is -1.63. The third-order valence-electron chi connectivity index (χ3n) is 2.43. The lowest BCUT2D eigenvalue weighted by atomic mass is 9.94. The van der Waals surface area contributed by atoms with Crippen LogP contribution in [0.4, 0.5) is 0 Å². The molecule has 0 fully saturated rings. The molecule has 7 heteroatoms. The lowest BCUT2D eigenvalue weighted by Crippen LogP contribution is -2.50. The zero-order valence-electron chi connectivity index (χ0n) is 11.8. The van der Waals surface area contributed by atoms with Gasteiger partial charge >= 0.3 is 0 Å². The van der Waals surface area contributed by atoms with Crippen LogP contribution >= 0.6 is 0 Å². The maximum atomic E-state index is 11.9. The molecule has 0 bridgehead atoms. The van der Waals surface area contributed by atoms with E-state index in [1.54, 1.807) is 20.8 Å². The Balaban J connectivity index is 4.62. The highest BCUT2D eigenvalue weighted by Gasteiger charge is 2.27. The second-order valence-corrected chi connectivity index (χ2v) is 5.36. The summed E-state index contributed by atoms with van der Waals surface area (Å²) in [5.41, 5.74) is 9.74. The largest absolute Gasteiger partial charge is 0.370 e. The predicted molar refractivity (Wildman–Crippen MR) is 71.9 cm³/mol. The first kappa shape index (κ1) is 17.4. The van der Waals surface area contributed by atoms with Gasteiger partial charge in [-0.25, -0.2) is 0 Å². The fourth-order valence-corrected chi connectivity index (χ4v) is 1.25. The Morgan fingerprint density at radius 2 is 1.79 bits per heavy atom. The quantitative estimate of drug-likeness (QED) is 0.467. The first-order chi connectivity index (χ1) is 8.68. The van der Waals surface area contributed by atoms with Crippen LogP contribution in [0.1, 0.15) is 33.6 Å². The van der Waals surface area contributed by atoms with Crippen molar-refractivity contribution in [3.8, 4) is 0 Å². The molecule has 1 atom stereocenters. The highest BCUT2D eigenvalue weighted by molar-refractivity contribution is 5.90. The van der Waals surface area contributed by atoms with Crippen LogP contribution in [0.25, 0.3) is 0 Å². The minimum Gasteiger partial charge on any atom is -0.370 e. The van der Waals surface area contributed by atoms with E-state index in [0.717, 1.165) is 0 Å². The maximum Gasteiger partial charge on any atom is 0.242 e. The molecule has 110 valence electrons. The van der Waals surface area contributed by atoms with Gasteiger partial charge in [-0.15, -0.1) is 0 Å². The molecule has 19 heavy (non-hydrogen) atoms. The number of nitrogens with one attached hydrogen (secondary N) is 2. The fraction of sp³-hybridized carbons (Fsp3) is 0.750. The molecule has 0 aliphatic heterocycles. The van der Waals surface area contributed by atoms with Crippen molar-refractivity contribution in [2.45, 2.75) is 39.7 Å². The topological polar surface area (TPSA) is 127 Å². The SMILES string of the molecule is CC(C)(C)C(=O)NC(CCC(N)=O)C(=O)NCCN. The number of hydrogen-bond donors (Lipinski definition) is 4. The number of primary amides is 1. The minimum atomic E-state index is -0.772. The van der Waals surface area contributed by atoms with Crippen LogP contribution in [0.3, 0.4) is 0 Å². The van der Waals surface area contributed by atoms with E-state index in [2.05, 4.69) is 10.6 Å². The second-order valence-electron chi connectivity index (χ2n) is 5.36. The van der Waals surface area contributed by atoms with E-state index < -0.39 is 17.4 Å². The molecule has 1 unspecified atom stereocenters. The number of carbonyl (C=O) groups is 3. The van der Waals surface area contributed by atoms with Crippen LogP contribution in [0.2, 0.25) is 0 Å². The number of amides is 3. The Kier molecular flexibility index (Phi) is 7.06. The van der Waals surface area contributed by atoms with Gasteiger partial charge in [-0.05, 0) is 6.42 Å². The van der Waals surface area contributed by atoms with Gasteiger partial charge in [0.2, 0.25) is 17.7 Å². The smallest absolute Gasteiger partial charge is 0.242 e. The van der Waals surface area contributed by atoms with E-state index in [1.165, 1.54) is 0 Å². The zero-order valence-corrected chi connectivity index (χ0v) is 11.8. The van der Waals surface area contributed by atoms with Crippen molar-refractivity contribution in [1.82, 2.24) is 10.6 Å². The van der Waals surface area contributed by atoms with Gasteiger partial charge < -0.3 is 22.1 Å². The Morgan fingerprint density at radius 1 is 1.21 bits per heavy atom. The van der Waals surface area contributed by atoms with Gasteiger partial charge in [0.15, 0.2) is 0 Å². The third kappa shape index (κ3) is 7.40. The fourth-order valence-electron chi connectivity index (χ4n) is 1.25. The molecular weight excluding hydrogens is 248 g/mol. The average Bonchev–Trinajstić information content (AvgIpc) is 2.29. The first-order valence-corrected chi connectivity index (χ1v) is 6.25. The normalized spacial score (nSPS) is 12.6. The molecule has 6 N–H and O–H groups in total. The van der Waals surface area contributed by atoms with E-state index in [4.69, 9.17) is 11.5 Å². The molecule has 0 aromatic carbocycles. The molecule has 0 aliphatic rings. The third-order valence-corrected chi connectivity index (χ3v) is 2.43. The highest BCUT2D eigenvalue weighted by atomic mass is 16.2. The Labute approximate surface area is 113 Å². The van der Waals surface area contributed by atoms with Crippen molar-refractivity contribution >= 4 is 17.7 Å². The first-order valence-electron chi connectivity index (χ1n) is 6.25. The molecule has 0 saturated heterocycles. The maximum absolute atomic E-state index is 11.9. The van der Waals surface area contributed by atoms with Gasteiger partial charge in [-0.2, -0.15) is 0 Å². The zero-order chi connectivity index (χ0) is 15.1. The van der Waals surface area contributed by atoms with Crippen LogP contribution in [0.15, 0.2) is 0 Å². The standard InChI is InChI=1S/C12H24N4O3/c1-12(2,3)11(19)16-8(4-5-9(14)17)10(18)15-7-6-13/h8H,4-7,13H2,1-3H3,(H2,14,17)(H,15,18)(H,16,19). The summed E-state index contributed by atoms with van der Waals surface area (Å²) in [5, 5.41) is 5.20. The molecule has 7 nitrogen and oxygen atoms in total. The summed E-state index contributed by atoms with van der Waals surface area (Å²) >= 11 is 0. The molecule has 3 amide bonds. The molecule has 0 aliphatic carbocycles. The van der Waals surface area contributed by atoms with Crippen LogP contribution in [-0.2, 0) is 14.4 Å². The summed E-state index contributed by atoms with van der Waals surface area (Å²) in [6, 6.07) is -0.772. The molecule has 0 saturated carbocycles. The number of nitrogens with two attached hydrogens (primary N) is 2. The van der Waals surface area contributed by atoms with Crippen molar-refractivity contribution in [3.63, 3.8) is 0 Å². The van der Waals surface area contributed by atoms with E-state index in [9.17, 15) is 14.4 Å². The summed E-state index contributed by atoms with van der Waals surface area (Å²) in [4.78, 5) is 34.5. The van der Waals surface area contributed by atoms with Gasteiger partial charge in [0, 0.05) is 24.9 Å². The number of rotatable bonds is 7. The molecule has 0 rings (SSSR count). The number of hydrogen-bond acceptors (Lipinski definition) is 4. The van der Waals surface area contributed by atoms with Crippen LogP contribution in [0, 0.1) is 5.41 Å². The monoisotopic (exact) mass is 272 g/mol. The lowest BCUT2D eigenvalue weighted by Gasteiger charge is -2.23. The van der Waals surface area contributed by atoms with Crippen molar-refractivity contribution in [3.05, 3.63) is 0 Å². The van der Waals surface area contributed by atoms with Crippen molar-refractivity contribution in [2.75, 3.05) is 13.1 Å². The van der Waals surface area contributed by atoms with Gasteiger partial charge in [0.25, 0.3) is 0 Å². The molecule has 0 aromatic heterocycles. The molecule has 0 heterocycles. The van der Waals surface area contributed by atoms with E-state index in [0.29, 0.717) is 13.1 Å². The van der Waals surface area contributed by atoms with E-state index >= 15 is 0 Å². The van der Waals surface area contributed by atoms with Gasteiger partial charge in [0.05, 0.1) is 0 Å². The molecule has 0 spiro atoms. The number of carbonyl (C=O) groups excluding carboxylic acids is 3. The van der Waals surface area contributed by atoms with Crippen molar-refractivity contribution in [2.24, 2.45) is 16.9 Å². The van der Waals surface area contributed by atoms with E-state index in [-0.39, 0.29) is 24.7 Å². The predicted octanol–water partition coefficient (Wildman–Crippen LogP) is -1.14. The summed E-state index contributed by atoms with van der Waals surface area (Å²) in [7, 11) is 0. The summed E-state index contributed by atoms with van der Waals surface area (Å²) < 4.78 is 0. The lowest BCUT2D eigenvalue weighted by molar-refractivity contribution is -0.133. The summed E-state index contributed by atoms with van der Waals surface area (Å²) in [6.07, 6.45) is 0.207. The second kappa shape index (κ2) is 7.73. The summed E-state index contributed by atoms with van der Waals surface area (Å²) in [6.45, 7) is 5.85. The van der Waals surface area contributed by atoms with Crippen molar-refractivity contribution in [1.29, 1.82) is 0 Å². The van der Waals surface area contributed by atoms with Crippen LogP contribution in [-0.4, -0.2) is 36.9 Å². The molecular formula is C12H24N4O3. The molecule has 0 radical (unpaired) electrons. The average molecular weight is 272 g/mol. The summed E-state index contributed by atoms with van der Waals surface area (Å²) in [5.74, 6) is -1.13. The Bertz CT molecular complexity index is 336. The van der Waals surface area contributed by atoms with Crippen LogP contribution < -0.4 is 22.1 Å². The highest BCUT2D eigenvalue weighted by Crippen LogP contribution is 2.13. The minimum absolute atomic E-state index is 0.0329. The molecule has 0 aromatic rings. The van der Waals surface area contributed by atoms with Crippen molar-refractivity contribution < 1.29 is 14.4 Å². The van der Waals surface area contributed by atoms with Gasteiger partial charge in [-0.1, -0.05) is 20.8 Å². The van der Waals surface area contributed by atoms with Crippen LogP contribution in [0.5, 0.6) is 0 Å².